The zero-order valence-corrected chi connectivity index (χ0v) is 10.2. The molecule has 6 heteroatoms. The van der Waals surface area contributed by atoms with Crippen molar-refractivity contribution in [1.29, 1.82) is 0 Å². The van der Waals surface area contributed by atoms with Crippen LogP contribution in [0.4, 0.5) is 0 Å². The van der Waals surface area contributed by atoms with E-state index in [-0.39, 0.29) is 5.60 Å². The van der Waals surface area contributed by atoms with Gasteiger partial charge in [-0.3, -0.25) is 4.57 Å². The minimum absolute atomic E-state index is 0.201. The van der Waals surface area contributed by atoms with Crippen LogP contribution in [0.5, 0.6) is 0 Å². The van der Waals surface area contributed by atoms with Crippen molar-refractivity contribution in [3.05, 3.63) is 17.8 Å². The van der Waals surface area contributed by atoms with Crippen LogP contribution in [0.25, 0.3) is 11.2 Å². The highest BCUT2D eigenvalue weighted by Crippen LogP contribution is 2.18. The topological polar surface area (TPSA) is 52.8 Å². The maximum absolute atomic E-state index is 5.89. The molecule has 0 fully saturated rings. The van der Waals surface area contributed by atoms with Gasteiger partial charge in [0.05, 0.1) is 11.9 Å². The van der Waals surface area contributed by atoms with Crippen molar-refractivity contribution in [2.75, 3.05) is 0 Å². The summed E-state index contributed by atoms with van der Waals surface area (Å²) in [7, 11) is 0. The number of aromatic nitrogens is 4. The van der Waals surface area contributed by atoms with Crippen LogP contribution in [0.1, 0.15) is 20.8 Å². The average Bonchev–Trinajstić information content (AvgIpc) is 2.58. The van der Waals surface area contributed by atoms with Gasteiger partial charge in [0.15, 0.2) is 10.8 Å². The molecule has 0 saturated heterocycles. The Balaban J connectivity index is 2.29. The summed E-state index contributed by atoms with van der Waals surface area (Å²) in [5.74, 6) is 0. The molecule has 0 saturated carbocycles. The molecule has 0 aliphatic carbocycles. The summed E-state index contributed by atoms with van der Waals surface area (Å²) >= 11 is 5.89. The highest BCUT2D eigenvalue weighted by Gasteiger charge is 2.13. The molecule has 0 unspecified atom stereocenters. The minimum Gasteiger partial charge on any atom is -0.355 e. The molecule has 0 amide bonds. The van der Waals surface area contributed by atoms with Crippen LogP contribution in [0.15, 0.2) is 12.7 Å². The number of hydrogen-bond donors (Lipinski definition) is 0. The zero-order valence-electron chi connectivity index (χ0n) is 9.44. The molecule has 5 nitrogen and oxygen atoms in total. The van der Waals surface area contributed by atoms with Gasteiger partial charge in [-0.05, 0) is 20.8 Å². The van der Waals surface area contributed by atoms with E-state index in [0.29, 0.717) is 23.0 Å². The molecule has 0 spiro atoms. The monoisotopic (exact) mass is 240 g/mol. The van der Waals surface area contributed by atoms with Crippen molar-refractivity contribution in [1.82, 2.24) is 19.5 Å². The summed E-state index contributed by atoms with van der Waals surface area (Å²) < 4.78 is 7.44. The van der Waals surface area contributed by atoms with Crippen molar-refractivity contribution in [2.45, 2.75) is 33.1 Å². The Bertz CT molecular complexity index is 503. The predicted molar refractivity (Wildman–Crippen MR) is 61.2 cm³/mol. The zero-order chi connectivity index (χ0) is 11.8. The average molecular weight is 241 g/mol. The Kier molecular flexibility index (Phi) is 2.82. The second-order valence-corrected chi connectivity index (χ2v) is 4.79. The van der Waals surface area contributed by atoms with Crippen molar-refractivity contribution in [3.63, 3.8) is 0 Å². The third kappa shape index (κ3) is 2.31. The number of ether oxygens (including phenoxy) is 1. The van der Waals surface area contributed by atoms with Gasteiger partial charge in [0.25, 0.3) is 0 Å². The van der Waals surface area contributed by atoms with E-state index in [2.05, 4.69) is 15.0 Å². The van der Waals surface area contributed by atoms with E-state index in [0.717, 1.165) is 0 Å². The van der Waals surface area contributed by atoms with Crippen LogP contribution in [-0.2, 0) is 11.5 Å². The fourth-order valence-electron chi connectivity index (χ4n) is 1.21. The molecule has 0 aromatic carbocycles. The fraction of sp³-hybridized carbons (Fsp3) is 0.500. The Labute approximate surface area is 98.4 Å². The molecule has 2 aromatic heterocycles. The number of fused-ring (bicyclic) bond motifs is 1. The molecule has 0 bridgehead atoms. The summed E-state index contributed by atoms with van der Waals surface area (Å²) in [6.07, 6.45) is 3.07. The summed E-state index contributed by atoms with van der Waals surface area (Å²) in [5, 5.41) is 0.361. The molecule has 16 heavy (non-hydrogen) atoms. The predicted octanol–water partition coefficient (Wildman–Crippen LogP) is 2.25. The van der Waals surface area contributed by atoms with Gasteiger partial charge in [0, 0.05) is 0 Å². The van der Waals surface area contributed by atoms with Crippen molar-refractivity contribution >= 4 is 22.8 Å². The first-order valence-corrected chi connectivity index (χ1v) is 5.30. The molecular weight excluding hydrogens is 228 g/mol. The summed E-state index contributed by atoms with van der Waals surface area (Å²) in [5.41, 5.74) is 1.08. The number of imidazole rings is 1. The van der Waals surface area contributed by atoms with E-state index >= 15 is 0 Å². The summed E-state index contributed by atoms with van der Waals surface area (Å²) in [4.78, 5) is 12.1. The molecule has 2 heterocycles. The second-order valence-electron chi connectivity index (χ2n) is 4.44. The lowest BCUT2D eigenvalue weighted by atomic mass is 10.2. The summed E-state index contributed by atoms with van der Waals surface area (Å²) in [6.45, 7) is 6.38. The van der Waals surface area contributed by atoms with E-state index in [9.17, 15) is 0 Å². The lowest BCUT2D eigenvalue weighted by molar-refractivity contribution is -0.0419. The van der Waals surface area contributed by atoms with Gasteiger partial charge in [-0.15, -0.1) is 0 Å². The molecule has 0 aliphatic rings. The molecule has 0 radical (unpaired) electrons. The number of nitrogens with zero attached hydrogens (tertiary/aromatic N) is 4. The van der Waals surface area contributed by atoms with E-state index in [1.165, 1.54) is 6.33 Å². The van der Waals surface area contributed by atoms with Crippen LogP contribution < -0.4 is 0 Å². The van der Waals surface area contributed by atoms with Crippen molar-refractivity contribution < 1.29 is 4.74 Å². The third-order valence-electron chi connectivity index (χ3n) is 1.99. The second kappa shape index (κ2) is 3.99. The lowest BCUT2D eigenvalue weighted by Crippen LogP contribution is -2.20. The molecular formula is C10H13ClN4O. The van der Waals surface area contributed by atoms with Gasteiger partial charge < -0.3 is 4.74 Å². The number of rotatable bonds is 2. The van der Waals surface area contributed by atoms with Gasteiger partial charge in [0.1, 0.15) is 18.6 Å². The summed E-state index contributed by atoms with van der Waals surface area (Å²) in [6, 6.07) is 0. The maximum Gasteiger partial charge on any atom is 0.166 e. The smallest absolute Gasteiger partial charge is 0.166 e. The molecule has 0 atom stereocenters. The maximum atomic E-state index is 5.89. The first-order chi connectivity index (χ1) is 7.47. The van der Waals surface area contributed by atoms with Gasteiger partial charge >= 0.3 is 0 Å². The van der Waals surface area contributed by atoms with E-state index in [4.69, 9.17) is 16.3 Å². The van der Waals surface area contributed by atoms with Crippen LogP contribution in [-0.4, -0.2) is 25.1 Å². The van der Waals surface area contributed by atoms with Crippen molar-refractivity contribution in [3.8, 4) is 0 Å². The third-order valence-corrected chi connectivity index (χ3v) is 2.27. The Morgan fingerprint density at radius 1 is 1.31 bits per heavy atom. The lowest BCUT2D eigenvalue weighted by Gasteiger charge is -2.19. The van der Waals surface area contributed by atoms with Gasteiger partial charge in [-0.1, -0.05) is 11.6 Å². The molecule has 2 rings (SSSR count). The van der Waals surface area contributed by atoms with E-state index in [1.807, 2.05) is 20.8 Å². The highest BCUT2D eigenvalue weighted by molar-refractivity contribution is 6.33. The first-order valence-electron chi connectivity index (χ1n) is 4.93. The number of hydrogen-bond acceptors (Lipinski definition) is 4. The Morgan fingerprint density at radius 2 is 2.06 bits per heavy atom. The highest BCUT2D eigenvalue weighted by atomic mass is 35.5. The first kappa shape index (κ1) is 11.3. The van der Waals surface area contributed by atoms with E-state index < -0.39 is 0 Å². The van der Waals surface area contributed by atoms with E-state index in [1.54, 1.807) is 10.9 Å². The standard InChI is InChI=1S/C10H13ClN4O/c1-10(2,3)16-6-15-5-14-7-8(11)12-4-13-9(7)15/h4-5H,6H2,1-3H3. The minimum atomic E-state index is -0.201. The van der Waals surface area contributed by atoms with Crippen LogP contribution >= 0.6 is 11.6 Å². The molecule has 2 aromatic rings. The Morgan fingerprint density at radius 3 is 2.75 bits per heavy atom. The van der Waals surface area contributed by atoms with Gasteiger partial charge in [-0.25, -0.2) is 15.0 Å². The molecule has 0 aliphatic heterocycles. The van der Waals surface area contributed by atoms with Gasteiger partial charge in [-0.2, -0.15) is 0 Å². The largest absolute Gasteiger partial charge is 0.355 e. The van der Waals surface area contributed by atoms with Crippen LogP contribution in [0.2, 0.25) is 5.15 Å². The quantitative estimate of drug-likeness (QED) is 0.756. The van der Waals surface area contributed by atoms with Crippen LogP contribution in [0.3, 0.4) is 0 Å². The fourth-order valence-corrected chi connectivity index (χ4v) is 1.39. The SMILES string of the molecule is CC(C)(C)OCn1cnc2c(Cl)ncnc21. The Hall–Kier alpha value is -1.20. The molecule has 0 N–H and O–H groups in total. The molecule has 86 valence electrons. The van der Waals surface area contributed by atoms with Crippen LogP contribution in [0, 0.1) is 0 Å². The number of halogens is 1. The van der Waals surface area contributed by atoms with Crippen molar-refractivity contribution in [2.24, 2.45) is 0 Å². The van der Waals surface area contributed by atoms with Gasteiger partial charge in [0.2, 0.25) is 0 Å². The normalized spacial score (nSPS) is 12.2.